The summed E-state index contributed by atoms with van der Waals surface area (Å²) in [6, 6.07) is 8.83. The molecule has 0 aliphatic carbocycles. The zero-order valence-electron chi connectivity index (χ0n) is 14.7. The summed E-state index contributed by atoms with van der Waals surface area (Å²) in [4.78, 5) is 2.41. The maximum Gasteiger partial charge on any atom is 0.119 e. The molecule has 0 amide bonds. The van der Waals surface area contributed by atoms with Gasteiger partial charge in [-0.25, -0.2) is 0 Å². The molecule has 1 N–H and O–H groups in total. The van der Waals surface area contributed by atoms with Crippen LogP contribution in [0.4, 0.5) is 0 Å². The molecular weight excluding hydrogens is 260 g/mol. The quantitative estimate of drug-likeness (QED) is 0.832. The number of rotatable bonds is 7. The molecule has 3 heteroatoms. The van der Waals surface area contributed by atoms with Gasteiger partial charge in [-0.05, 0) is 64.9 Å². The number of methoxy groups -OCH3 is 1. The minimum atomic E-state index is 0.180. The molecule has 1 aromatic rings. The van der Waals surface area contributed by atoms with Crippen molar-refractivity contribution in [1.29, 1.82) is 0 Å². The standard InChI is InChI=1S/C18H32N2O/c1-14(12-19-18(3,4)5)15(2)20(6)13-16-9-8-10-17(11-16)21-7/h8-11,14-15,19H,12-13H2,1-7H3. The van der Waals surface area contributed by atoms with Gasteiger partial charge in [-0.1, -0.05) is 19.1 Å². The second-order valence-electron chi connectivity index (χ2n) is 7.12. The van der Waals surface area contributed by atoms with Gasteiger partial charge in [0.1, 0.15) is 5.75 Å². The van der Waals surface area contributed by atoms with Crippen LogP contribution in [0.1, 0.15) is 40.2 Å². The van der Waals surface area contributed by atoms with Crippen LogP contribution in [-0.2, 0) is 6.54 Å². The number of hydrogen-bond donors (Lipinski definition) is 1. The first-order valence-electron chi connectivity index (χ1n) is 7.81. The highest BCUT2D eigenvalue weighted by Gasteiger charge is 2.19. The van der Waals surface area contributed by atoms with Crippen LogP contribution in [-0.4, -0.2) is 37.2 Å². The largest absolute Gasteiger partial charge is 0.497 e. The molecule has 0 saturated carbocycles. The molecule has 0 radical (unpaired) electrons. The first-order chi connectivity index (χ1) is 9.73. The van der Waals surface area contributed by atoms with Gasteiger partial charge in [-0.2, -0.15) is 0 Å². The summed E-state index contributed by atoms with van der Waals surface area (Å²) < 4.78 is 5.29. The van der Waals surface area contributed by atoms with Crippen LogP contribution in [0.3, 0.4) is 0 Å². The van der Waals surface area contributed by atoms with Crippen molar-refractivity contribution in [2.45, 2.75) is 52.7 Å². The van der Waals surface area contributed by atoms with E-state index in [0.29, 0.717) is 12.0 Å². The Morgan fingerprint density at radius 3 is 2.48 bits per heavy atom. The van der Waals surface area contributed by atoms with Gasteiger partial charge in [0, 0.05) is 18.1 Å². The summed E-state index contributed by atoms with van der Waals surface area (Å²) in [5.74, 6) is 1.52. The third-order valence-corrected chi connectivity index (χ3v) is 4.04. The van der Waals surface area contributed by atoms with Gasteiger partial charge in [0.2, 0.25) is 0 Å². The normalized spacial score (nSPS) is 15.0. The molecule has 1 aromatic carbocycles. The molecule has 2 atom stereocenters. The molecular formula is C18H32N2O. The minimum absolute atomic E-state index is 0.180. The van der Waals surface area contributed by atoms with E-state index in [4.69, 9.17) is 4.74 Å². The monoisotopic (exact) mass is 292 g/mol. The van der Waals surface area contributed by atoms with Gasteiger partial charge in [0.05, 0.1) is 7.11 Å². The average Bonchev–Trinajstić information content (AvgIpc) is 2.43. The molecule has 0 spiro atoms. The molecule has 3 nitrogen and oxygen atoms in total. The zero-order chi connectivity index (χ0) is 16.0. The smallest absolute Gasteiger partial charge is 0.119 e. The highest BCUT2D eigenvalue weighted by Crippen LogP contribution is 2.17. The average molecular weight is 292 g/mol. The molecule has 0 fully saturated rings. The Labute approximate surface area is 130 Å². The number of benzene rings is 1. The van der Waals surface area contributed by atoms with Gasteiger partial charge in [-0.15, -0.1) is 0 Å². The molecule has 21 heavy (non-hydrogen) atoms. The summed E-state index contributed by atoms with van der Waals surface area (Å²) in [6.45, 7) is 13.2. The number of hydrogen-bond acceptors (Lipinski definition) is 3. The molecule has 0 aliphatic heterocycles. The fraction of sp³-hybridized carbons (Fsp3) is 0.667. The lowest BCUT2D eigenvalue weighted by molar-refractivity contribution is 0.182. The van der Waals surface area contributed by atoms with Crippen LogP contribution in [0.5, 0.6) is 5.75 Å². The fourth-order valence-electron chi connectivity index (χ4n) is 2.27. The van der Waals surface area contributed by atoms with Crippen molar-refractivity contribution in [2.24, 2.45) is 5.92 Å². The Hall–Kier alpha value is -1.06. The molecule has 120 valence electrons. The van der Waals surface area contributed by atoms with Crippen molar-refractivity contribution >= 4 is 0 Å². The molecule has 0 saturated heterocycles. The van der Waals surface area contributed by atoms with Crippen molar-refractivity contribution in [2.75, 3.05) is 20.7 Å². The van der Waals surface area contributed by atoms with Crippen molar-refractivity contribution in [3.63, 3.8) is 0 Å². The Morgan fingerprint density at radius 2 is 1.90 bits per heavy atom. The van der Waals surface area contributed by atoms with E-state index in [1.54, 1.807) is 7.11 Å². The maximum atomic E-state index is 5.29. The second kappa shape index (κ2) is 7.81. The van der Waals surface area contributed by atoms with Crippen LogP contribution in [0.15, 0.2) is 24.3 Å². The van der Waals surface area contributed by atoms with E-state index in [0.717, 1.165) is 18.8 Å². The van der Waals surface area contributed by atoms with E-state index in [1.165, 1.54) is 5.56 Å². The lowest BCUT2D eigenvalue weighted by Crippen LogP contribution is -2.44. The number of nitrogens with one attached hydrogen (secondary N) is 1. The Balaban J connectivity index is 2.55. The zero-order valence-corrected chi connectivity index (χ0v) is 14.7. The fourth-order valence-corrected chi connectivity index (χ4v) is 2.27. The molecule has 2 unspecified atom stereocenters. The van der Waals surface area contributed by atoms with E-state index in [9.17, 15) is 0 Å². The number of nitrogens with zero attached hydrogens (tertiary/aromatic N) is 1. The molecule has 0 heterocycles. The van der Waals surface area contributed by atoms with E-state index < -0.39 is 0 Å². The van der Waals surface area contributed by atoms with E-state index in [1.807, 2.05) is 6.07 Å². The summed E-state index contributed by atoms with van der Waals surface area (Å²) in [5, 5.41) is 3.59. The van der Waals surface area contributed by atoms with E-state index in [2.05, 4.69) is 70.1 Å². The highest BCUT2D eigenvalue weighted by molar-refractivity contribution is 5.28. The molecule has 1 rings (SSSR count). The van der Waals surface area contributed by atoms with Crippen LogP contribution in [0.25, 0.3) is 0 Å². The summed E-state index contributed by atoms with van der Waals surface area (Å²) >= 11 is 0. The number of ether oxygens (including phenoxy) is 1. The van der Waals surface area contributed by atoms with Crippen LogP contribution in [0, 0.1) is 5.92 Å². The van der Waals surface area contributed by atoms with Crippen molar-refractivity contribution in [3.05, 3.63) is 29.8 Å². The Kier molecular flexibility index (Phi) is 6.69. The van der Waals surface area contributed by atoms with Crippen molar-refractivity contribution in [1.82, 2.24) is 10.2 Å². The predicted octanol–water partition coefficient (Wildman–Crippen LogP) is 3.54. The summed E-state index contributed by atoms with van der Waals surface area (Å²) in [5.41, 5.74) is 1.47. The third kappa shape index (κ3) is 6.49. The predicted molar refractivity (Wildman–Crippen MR) is 90.8 cm³/mol. The van der Waals surface area contributed by atoms with Gasteiger partial charge in [0.25, 0.3) is 0 Å². The van der Waals surface area contributed by atoms with Gasteiger partial charge < -0.3 is 10.1 Å². The lowest BCUT2D eigenvalue weighted by atomic mass is 9.99. The summed E-state index contributed by atoms with van der Waals surface area (Å²) in [6.07, 6.45) is 0. The highest BCUT2D eigenvalue weighted by atomic mass is 16.5. The molecule has 0 bridgehead atoms. The second-order valence-corrected chi connectivity index (χ2v) is 7.12. The van der Waals surface area contributed by atoms with Gasteiger partial charge in [-0.3, -0.25) is 4.90 Å². The van der Waals surface area contributed by atoms with Crippen LogP contribution < -0.4 is 10.1 Å². The Bertz CT molecular complexity index is 425. The topological polar surface area (TPSA) is 24.5 Å². The first-order valence-corrected chi connectivity index (χ1v) is 7.81. The van der Waals surface area contributed by atoms with E-state index in [-0.39, 0.29) is 5.54 Å². The van der Waals surface area contributed by atoms with Gasteiger partial charge >= 0.3 is 0 Å². The van der Waals surface area contributed by atoms with E-state index >= 15 is 0 Å². The molecule has 0 aromatic heterocycles. The maximum absolute atomic E-state index is 5.29. The third-order valence-electron chi connectivity index (χ3n) is 4.04. The minimum Gasteiger partial charge on any atom is -0.497 e. The van der Waals surface area contributed by atoms with Gasteiger partial charge in [0.15, 0.2) is 0 Å². The summed E-state index contributed by atoms with van der Waals surface area (Å²) in [7, 11) is 3.91. The SMILES string of the molecule is COc1cccc(CN(C)C(C)C(C)CNC(C)(C)C)c1. The van der Waals surface area contributed by atoms with Crippen molar-refractivity contribution < 1.29 is 4.74 Å². The molecule has 0 aliphatic rings. The van der Waals surface area contributed by atoms with Crippen LogP contribution >= 0.6 is 0 Å². The van der Waals surface area contributed by atoms with Crippen LogP contribution in [0.2, 0.25) is 0 Å². The lowest BCUT2D eigenvalue weighted by Gasteiger charge is -2.32. The van der Waals surface area contributed by atoms with Crippen molar-refractivity contribution in [3.8, 4) is 5.75 Å². The first kappa shape index (κ1) is 18.0. The Morgan fingerprint density at radius 1 is 1.24 bits per heavy atom.